The summed E-state index contributed by atoms with van der Waals surface area (Å²) in [6.45, 7) is 8.36. The molecule has 0 amide bonds. The molecule has 2 nitrogen and oxygen atoms in total. The van der Waals surface area contributed by atoms with Crippen molar-refractivity contribution < 1.29 is 4.79 Å². The number of para-hydroxylation sites is 1. The molecule has 1 atom stereocenters. The molecule has 2 heteroatoms. The van der Waals surface area contributed by atoms with Gasteiger partial charge < -0.3 is 4.90 Å². The maximum absolute atomic E-state index is 11.4. The van der Waals surface area contributed by atoms with Crippen LogP contribution in [0.15, 0.2) is 18.2 Å². The Hall–Kier alpha value is -1.31. The molecule has 1 unspecified atom stereocenters. The van der Waals surface area contributed by atoms with Crippen LogP contribution in [-0.4, -0.2) is 17.9 Å². The molecule has 2 rings (SSSR count). The molecule has 0 spiro atoms. The number of hydrogen-bond acceptors (Lipinski definition) is 2. The van der Waals surface area contributed by atoms with E-state index in [-0.39, 0.29) is 5.78 Å². The van der Waals surface area contributed by atoms with Crippen LogP contribution in [-0.2, 0) is 17.6 Å². The number of ketones is 1. The number of benzene rings is 1. The molecule has 92 valence electrons. The molecule has 0 N–H and O–H groups in total. The Balaban J connectivity index is 2.46. The predicted molar refractivity (Wildman–Crippen MR) is 71.6 cm³/mol. The first-order valence-corrected chi connectivity index (χ1v) is 6.39. The Kier molecular flexibility index (Phi) is 3.23. The zero-order valence-corrected chi connectivity index (χ0v) is 11.2. The Bertz CT molecular complexity index is 437. The van der Waals surface area contributed by atoms with Gasteiger partial charge in [0.2, 0.25) is 0 Å². The van der Waals surface area contributed by atoms with Gasteiger partial charge in [-0.05, 0) is 45.2 Å². The molecule has 0 saturated heterocycles. The fourth-order valence-corrected chi connectivity index (χ4v) is 2.96. The van der Waals surface area contributed by atoms with Crippen LogP contribution in [0.25, 0.3) is 0 Å². The van der Waals surface area contributed by atoms with E-state index in [1.165, 1.54) is 16.8 Å². The molecule has 1 aromatic rings. The monoisotopic (exact) mass is 231 g/mol. The number of carbonyl (C=O) groups is 1. The van der Waals surface area contributed by atoms with Crippen LogP contribution < -0.4 is 4.90 Å². The van der Waals surface area contributed by atoms with Crippen molar-refractivity contribution in [1.29, 1.82) is 0 Å². The van der Waals surface area contributed by atoms with Crippen molar-refractivity contribution in [2.75, 3.05) is 4.90 Å². The second-order valence-electron chi connectivity index (χ2n) is 5.36. The molecule has 0 aromatic heterocycles. The number of hydrogen-bond donors (Lipinski definition) is 0. The highest BCUT2D eigenvalue weighted by molar-refractivity contribution is 5.81. The summed E-state index contributed by atoms with van der Waals surface area (Å²) in [5.74, 6) is 0.238. The summed E-state index contributed by atoms with van der Waals surface area (Å²) in [6.07, 6.45) is 1.65. The average Bonchev–Trinajstić information content (AvgIpc) is 2.54. The van der Waals surface area contributed by atoms with E-state index in [9.17, 15) is 4.79 Å². The predicted octanol–water partition coefficient (Wildman–Crippen LogP) is 2.98. The van der Waals surface area contributed by atoms with E-state index < -0.39 is 0 Å². The van der Waals surface area contributed by atoms with E-state index in [2.05, 4.69) is 43.9 Å². The number of rotatable bonds is 3. The normalized spacial score (nSPS) is 18.6. The fourth-order valence-electron chi connectivity index (χ4n) is 2.96. The first-order chi connectivity index (χ1) is 8.00. The largest absolute Gasteiger partial charge is 0.366 e. The number of Topliss-reactive ketones (excluding diaryl/α,β-unsaturated/α-hetero) is 1. The van der Waals surface area contributed by atoms with E-state index in [0.29, 0.717) is 18.5 Å². The van der Waals surface area contributed by atoms with Crippen molar-refractivity contribution in [1.82, 2.24) is 0 Å². The van der Waals surface area contributed by atoms with Crippen LogP contribution in [0.1, 0.15) is 38.8 Å². The van der Waals surface area contributed by atoms with Crippen molar-refractivity contribution in [3.8, 4) is 0 Å². The number of nitrogens with zero attached hydrogens (tertiary/aromatic N) is 1. The third-order valence-corrected chi connectivity index (χ3v) is 3.45. The fraction of sp³-hybridized carbons (Fsp3) is 0.533. The van der Waals surface area contributed by atoms with E-state index in [1.54, 1.807) is 6.92 Å². The second kappa shape index (κ2) is 4.52. The summed E-state index contributed by atoms with van der Waals surface area (Å²) in [7, 11) is 0. The van der Waals surface area contributed by atoms with Crippen molar-refractivity contribution in [2.45, 2.75) is 52.6 Å². The molecule has 1 aliphatic heterocycles. The van der Waals surface area contributed by atoms with Gasteiger partial charge in [0.15, 0.2) is 0 Å². The van der Waals surface area contributed by atoms with Crippen LogP contribution in [0, 0.1) is 0 Å². The molecule has 1 heterocycles. The van der Waals surface area contributed by atoms with Crippen molar-refractivity contribution in [3.63, 3.8) is 0 Å². The van der Waals surface area contributed by atoms with Gasteiger partial charge in [-0.1, -0.05) is 18.2 Å². The van der Waals surface area contributed by atoms with Gasteiger partial charge in [0.05, 0.1) is 0 Å². The molecular weight excluding hydrogens is 210 g/mol. The summed E-state index contributed by atoms with van der Waals surface area (Å²) >= 11 is 0. The quantitative estimate of drug-likeness (QED) is 0.797. The maximum Gasteiger partial charge on any atom is 0.134 e. The van der Waals surface area contributed by atoms with Gasteiger partial charge in [0, 0.05) is 24.2 Å². The van der Waals surface area contributed by atoms with Crippen LogP contribution in [0.2, 0.25) is 0 Å². The summed E-state index contributed by atoms with van der Waals surface area (Å²) in [5.41, 5.74) is 3.89. The van der Waals surface area contributed by atoms with Crippen LogP contribution in [0.3, 0.4) is 0 Å². The standard InChI is InChI=1S/C15H21NO/c1-10(2)16-11(3)8-13-6-5-7-14(15(13)16)9-12(4)17/h5-7,10-11H,8-9H2,1-4H3. The number of carbonyl (C=O) groups excluding carboxylic acids is 1. The highest BCUT2D eigenvalue weighted by Gasteiger charge is 2.29. The third-order valence-electron chi connectivity index (χ3n) is 3.45. The molecule has 0 aliphatic carbocycles. The first kappa shape index (κ1) is 12.2. The van der Waals surface area contributed by atoms with Gasteiger partial charge in [-0.3, -0.25) is 4.79 Å². The summed E-state index contributed by atoms with van der Waals surface area (Å²) in [6, 6.07) is 7.39. The molecule has 0 bridgehead atoms. The van der Waals surface area contributed by atoms with Gasteiger partial charge >= 0.3 is 0 Å². The average molecular weight is 231 g/mol. The van der Waals surface area contributed by atoms with E-state index in [0.717, 1.165) is 6.42 Å². The Morgan fingerprint density at radius 2 is 2.18 bits per heavy atom. The minimum atomic E-state index is 0.238. The number of anilines is 1. The van der Waals surface area contributed by atoms with Crippen molar-refractivity contribution in [3.05, 3.63) is 29.3 Å². The summed E-state index contributed by atoms with van der Waals surface area (Å²) in [5, 5.41) is 0. The molecular formula is C15H21NO. The van der Waals surface area contributed by atoms with Crippen LogP contribution in [0.5, 0.6) is 0 Å². The lowest BCUT2D eigenvalue weighted by Crippen LogP contribution is -2.36. The Morgan fingerprint density at radius 3 is 2.76 bits per heavy atom. The Morgan fingerprint density at radius 1 is 1.47 bits per heavy atom. The zero-order valence-electron chi connectivity index (χ0n) is 11.2. The van der Waals surface area contributed by atoms with Crippen molar-refractivity contribution >= 4 is 11.5 Å². The lowest BCUT2D eigenvalue weighted by molar-refractivity contribution is -0.116. The zero-order chi connectivity index (χ0) is 12.6. The molecule has 1 aliphatic rings. The van der Waals surface area contributed by atoms with E-state index in [1.807, 2.05) is 0 Å². The van der Waals surface area contributed by atoms with E-state index >= 15 is 0 Å². The van der Waals surface area contributed by atoms with Gasteiger partial charge in [-0.25, -0.2) is 0 Å². The SMILES string of the molecule is CC(=O)Cc1cccc2c1N(C(C)C)C(C)C2. The molecule has 0 fully saturated rings. The minimum Gasteiger partial charge on any atom is -0.366 e. The van der Waals surface area contributed by atoms with Gasteiger partial charge in [0.1, 0.15) is 5.78 Å². The lowest BCUT2D eigenvalue weighted by Gasteiger charge is -2.30. The minimum absolute atomic E-state index is 0.238. The summed E-state index contributed by atoms with van der Waals surface area (Å²) in [4.78, 5) is 13.8. The van der Waals surface area contributed by atoms with Crippen molar-refractivity contribution in [2.24, 2.45) is 0 Å². The Labute approximate surface area is 104 Å². The van der Waals surface area contributed by atoms with Crippen LogP contribution in [0.4, 0.5) is 5.69 Å². The maximum atomic E-state index is 11.4. The molecule has 1 aromatic carbocycles. The highest BCUT2D eigenvalue weighted by atomic mass is 16.1. The number of fused-ring (bicyclic) bond motifs is 1. The van der Waals surface area contributed by atoms with E-state index in [4.69, 9.17) is 0 Å². The lowest BCUT2D eigenvalue weighted by atomic mass is 10.0. The van der Waals surface area contributed by atoms with Gasteiger partial charge in [-0.15, -0.1) is 0 Å². The van der Waals surface area contributed by atoms with Crippen LogP contribution >= 0.6 is 0 Å². The third kappa shape index (κ3) is 2.21. The summed E-state index contributed by atoms with van der Waals surface area (Å²) < 4.78 is 0. The van der Waals surface area contributed by atoms with Gasteiger partial charge in [-0.2, -0.15) is 0 Å². The topological polar surface area (TPSA) is 20.3 Å². The first-order valence-electron chi connectivity index (χ1n) is 6.39. The second-order valence-corrected chi connectivity index (χ2v) is 5.36. The smallest absolute Gasteiger partial charge is 0.134 e. The van der Waals surface area contributed by atoms with Gasteiger partial charge in [0.25, 0.3) is 0 Å². The molecule has 0 radical (unpaired) electrons. The molecule has 0 saturated carbocycles. The highest BCUT2D eigenvalue weighted by Crippen LogP contribution is 2.37. The molecule has 17 heavy (non-hydrogen) atoms.